The molecule has 0 fully saturated rings. The summed E-state index contributed by atoms with van der Waals surface area (Å²) in [7, 11) is 1.59. The van der Waals surface area contributed by atoms with Gasteiger partial charge in [-0.1, -0.05) is 11.6 Å². The first-order valence-corrected chi connectivity index (χ1v) is 5.54. The number of hydrogen-bond acceptors (Lipinski definition) is 2. The Morgan fingerprint density at radius 2 is 2.19 bits per heavy atom. The van der Waals surface area contributed by atoms with Crippen molar-refractivity contribution in [2.45, 2.75) is 25.9 Å². The van der Waals surface area contributed by atoms with Crippen molar-refractivity contribution in [3.63, 3.8) is 0 Å². The molecule has 86 valence electrons. The Hall–Kier alpha value is -1.22. The molecule has 1 heterocycles. The lowest BCUT2D eigenvalue weighted by Crippen LogP contribution is -2.25. The molecule has 2 rings (SSSR count). The van der Waals surface area contributed by atoms with E-state index < -0.39 is 0 Å². The molecule has 0 aromatic heterocycles. The van der Waals surface area contributed by atoms with Crippen LogP contribution in [0.2, 0.25) is 5.02 Å². The lowest BCUT2D eigenvalue weighted by molar-refractivity contribution is 0.0949. The summed E-state index contributed by atoms with van der Waals surface area (Å²) >= 11 is 5.99. The van der Waals surface area contributed by atoms with E-state index in [2.05, 4.69) is 5.32 Å². The molecule has 0 saturated carbocycles. The number of benzene rings is 1. The topological polar surface area (TPSA) is 38.3 Å². The van der Waals surface area contributed by atoms with E-state index in [1.54, 1.807) is 13.1 Å². The van der Waals surface area contributed by atoms with Gasteiger partial charge in [-0.15, -0.1) is 0 Å². The van der Waals surface area contributed by atoms with E-state index in [0.717, 1.165) is 12.0 Å². The van der Waals surface area contributed by atoms with Gasteiger partial charge in [-0.2, -0.15) is 0 Å². The van der Waals surface area contributed by atoms with Crippen molar-refractivity contribution >= 4 is 17.5 Å². The van der Waals surface area contributed by atoms with Crippen molar-refractivity contribution in [3.05, 3.63) is 28.3 Å². The molecular formula is C12H14ClNO2. The monoisotopic (exact) mass is 239 g/mol. The second kappa shape index (κ2) is 3.67. The van der Waals surface area contributed by atoms with Gasteiger partial charge in [0, 0.05) is 24.1 Å². The van der Waals surface area contributed by atoms with Crippen LogP contribution in [-0.4, -0.2) is 18.6 Å². The number of hydrogen-bond donors (Lipinski definition) is 1. The molecule has 0 atom stereocenters. The minimum Gasteiger partial charge on any atom is -0.486 e. The summed E-state index contributed by atoms with van der Waals surface area (Å²) in [4.78, 5) is 11.7. The number of amides is 1. The van der Waals surface area contributed by atoms with Crippen LogP contribution in [0.25, 0.3) is 0 Å². The van der Waals surface area contributed by atoms with Crippen LogP contribution in [0, 0.1) is 0 Å². The lowest BCUT2D eigenvalue weighted by Gasteiger charge is -2.17. The summed E-state index contributed by atoms with van der Waals surface area (Å²) in [5.74, 6) is 0.491. The minimum atomic E-state index is -0.268. The normalized spacial score (nSPS) is 16.5. The molecule has 1 N–H and O–H groups in total. The lowest BCUT2D eigenvalue weighted by atomic mass is 10.0. The maximum Gasteiger partial charge on any atom is 0.254 e. The third kappa shape index (κ3) is 1.87. The Balaban J connectivity index is 2.53. The van der Waals surface area contributed by atoms with E-state index in [0.29, 0.717) is 16.3 Å². The van der Waals surface area contributed by atoms with Gasteiger partial charge in [0.05, 0.1) is 5.56 Å². The maximum atomic E-state index is 11.7. The fourth-order valence-electron chi connectivity index (χ4n) is 1.98. The van der Waals surface area contributed by atoms with Crippen LogP contribution in [0.1, 0.15) is 29.8 Å². The highest BCUT2D eigenvalue weighted by molar-refractivity contribution is 6.31. The average Bonchev–Trinajstić information content (AvgIpc) is 2.49. The molecule has 0 bridgehead atoms. The van der Waals surface area contributed by atoms with Crippen molar-refractivity contribution in [1.29, 1.82) is 0 Å². The number of halogens is 1. The van der Waals surface area contributed by atoms with E-state index in [9.17, 15) is 4.79 Å². The van der Waals surface area contributed by atoms with Gasteiger partial charge in [-0.25, -0.2) is 0 Å². The Labute approximate surface area is 99.7 Å². The number of rotatable bonds is 1. The zero-order chi connectivity index (χ0) is 11.9. The van der Waals surface area contributed by atoms with Crippen LogP contribution in [-0.2, 0) is 6.42 Å². The number of ether oxygens (including phenoxy) is 1. The van der Waals surface area contributed by atoms with E-state index in [4.69, 9.17) is 16.3 Å². The van der Waals surface area contributed by atoms with Crippen LogP contribution in [0.4, 0.5) is 0 Å². The highest BCUT2D eigenvalue weighted by Crippen LogP contribution is 2.39. The number of carbonyl (C=O) groups is 1. The van der Waals surface area contributed by atoms with Gasteiger partial charge in [0.25, 0.3) is 5.91 Å². The number of fused-ring (bicyclic) bond motifs is 1. The molecule has 1 aliphatic heterocycles. The zero-order valence-corrected chi connectivity index (χ0v) is 10.3. The molecule has 0 radical (unpaired) electrons. The van der Waals surface area contributed by atoms with Crippen LogP contribution in [0.15, 0.2) is 12.1 Å². The Bertz CT molecular complexity index is 455. The van der Waals surface area contributed by atoms with Crippen LogP contribution in [0.3, 0.4) is 0 Å². The summed E-state index contributed by atoms with van der Waals surface area (Å²) in [6, 6.07) is 3.50. The SMILES string of the molecule is CNC(=O)c1cc(Cl)cc2c1OC(C)(C)C2. The van der Waals surface area contributed by atoms with Gasteiger partial charge in [0.15, 0.2) is 0 Å². The molecule has 0 saturated heterocycles. The first-order chi connectivity index (χ1) is 7.43. The summed E-state index contributed by atoms with van der Waals surface area (Å²) in [5.41, 5.74) is 1.24. The highest BCUT2D eigenvalue weighted by Gasteiger charge is 2.33. The zero-order valence-electron chi connectivity index (χ0n) is 9.56. The molecule has 16 heavy (non-hydrogen) atoms. The fourth-order valence-corrected chi connectivity index (χ4v) is 2.22. The van der Waals surface area contributed by atoms with Crippen molar-refractivity contribution in [1.82, 2.24) is 5.32 Å². The van der Waals surface area contributed by atoms with Crippen LogP contribution in [0.5, 0.6) is 5.75 Å². The summed E-state index contributed by atoms with van der Waals surface area (Å²) in [5, 5.41) is 3.16. The van der Waals surface area contributed by atoms with Gasteiger partial charge in [-0.3, -0.25) is 4.79 Å². The Morgan fingerprint density at radius 3 is 2.81 bits per heavy atom. The predicted octanol–water partition coefficient (Wildman–Crippen LogP) is 2.41. The van der Waals surface area contributed by atoms with Crippen molar-refractivity contribution in [3.8, 4) is 5.75 Å². The van der Waals surface area contributed by atoms with E-state index in [1.807, 2.05) is 19.9 Å². The molecular weight excluding hydrogens is 226 g/mol. The van der Waals surface area contributed by atoms with Gasteiger partial charge in [0.1, 0.15) is 11.4 Å². The molecule has 0 aliphatic carbocycles. The first-order valence-electron chi connectivity index (χ1n) is 5.16. The Kier molecular flexibility index (Phi) is 2.58. The van der Waals surface area contributed by atoms with Crippen molar-refractivity contribution in [2.24, 2.45) is 0 Å². The molecule has 0 unspecified atom stereocenters. The quantitative estimate of drug-likeness (QED) is 0.817. The second-order valence-electron chi connectivity index (χ2n) is 4.56. The van der Waals surface area contributed by atoms with Gasteiger partial charge >= 0.3 is 0 Å². The molecule has 1 aromatic rings. The van der Waals surface area contributed by atoms with Gasteiger partial charge in [-0.05, 0) is 26.0 Å². The maximum absolute atomic E-state index is 11.7. The first kappa shape index (κ1) is 11.3. The number of carbonyl (C=O) groups excluding carboxylic acids is 1. The van der Waals surface area contributed by atoms with Crippen molar-refractivity contribution < 1.29 is 9.53 Å². The fraction of sp³-hybridized carbons (Fsp3) is 0.417. The molecule has 1 aromatic carbocycles. The highest BCUT2D eigenvalue weighted by atomic mass is 35.5. The smallest absolute Gasteiger partial charge is 0.254 e. The summed E-state index contributed by atoms with van der Waals surface area (Å²) in [6.45, 7) is 3.99. The largest absolute Gasteiger partial charge is 0.486 e. The summed E-state index contributed by atoms with van der Waals surface area (Å²) in [6.07, 6.45) is 0.771. The molecule has 3 nitrogen and oxygen atoms in total. The van der Waals surface area contributed by atoms with Gasteiger partial charge in [0.2, 0.25) is 0 Å². The molecule has 1 aliphatic rings. The standard InChI is InChI=1S/C12H14ClNO2/c1-12(2)6-7-4-8(13)5-9(10(7)16-12)11(15)14-3/h4-5H,6H2,1-3H3,(H,14,15). The third-order valence-electron chi connectivity index (χ3n) is 2.60. The summed E-state index contributed by atoms with van der Waals surface area (Å²) < 4.78 is 5.78. The molecule has 0 spiro atoms. The van der Waals surface area contributed by atoms with Crippen molar-refractivity contribution in [2.75, 3.05) is 7.05 Å². The van der Waals surface area contributed by atoms with Gasteiger partial charge < -0.3 is 10.1 Å². The third-order valence-corrected chi connectivity index (χ3v) is 2.82. The number of nitrogens with one attached hydrogen (secondary N) is 1. The van der Waals surface area contributed by atoms with E-state index in [1.165, 1.54) is 0 Å². The molecule has 1 amide bonds. The second-order valence-corrected chi connectivity index (χ2v) is 5.00. The predicted molar refractivity (Wildman–Crippen MR) is 63.3 cm³/mol. The minimum absolute atomic E-state index is 0.170. The van der Waals surface area contributed by atoms with E-state index in [-0.39, 0.29) is 11.5 Å². The Morgan fingerprint density at radius 1 is 1.50 bits per heavy atom. The van der Waals surface area contributed by atoms with E-state index >= 15 is 0 Å². The van der Waals surface area contributed by atoms with Crippen LogP contribution >= 0.6 is 11.6 Å². The molecule has 4 heteroatoms. The van der Waals surface area contributed by atoms with Crippen LogP contribution < -0.4 is 10.1 Å². The average molecular weight is 240 g/mol.